The summed E-state index contributed by atoms with van der Waals surface area (Å²) in [5.74, 6) is -1.26. The van der Waals surface area contributed by atoms with Gasteiger partial charge in [0.05, 0.1) is 18.2 Å². The van der Waals surface area contributed by atoms with Crippen LogP contribution in [0.1, 0.15) is 18.1 Å². The first-order valence-electron chi connectivity index (χ1n) is 10.2. The molecular weight excluding hydrogens is 411 g/mol. The summed E-state index contributed by atoms with van der Waals surface area (Å²) >= 11 is 1.40. The lowest BCUT2D eigenvalue weighted by Gasteiger charge is -2.35. The number of para-hydroxylation sites is 1. The Kier molecular flexibility index (Phi) is 6.37. The fraction of sp³-hybridized carbons (Fsp3) is 0.200. The fourth-order valence-corrected chi connectivity index (χ4v) is 4.88. The molecular formula is C25H23FN2O2S. The Balaban J connectivity index is 1.55. The van der Waals surface area contributed by atoms with E-state index in [1.165, 1.54) is 17.8 Å². The molecule has 0 saturated carbocycles. The Morgan fingerprint density at radius 2 is 1.71 bits per heavy atom. The van der Waals surface area contributed by atoms with Gasteiger partial charge in [0.1, 0.15) is 11.1 Å². The van der Waals surface area contributed by atoms with E-state index in [-0.39, 0.29) is 24.2 Å². The molecule has 1 heterocycles. The number of amides is 2. The number of benzene rings is 3. The number of halogens is 1. The summed E-state index contributed by atoms with van der Waals surface area (Å²) in [4.78, 5) is 28.8. The molecule has 0 bridgehead atoms. The Labute approximate surface area is 185 Å². The minimum Gasteiger partial charge on any atom is -0.352 e. The average molecular weight is 435 g/mol. The summed E-state index contributed by atoms with van der Waals surface area (Å²) < 4.78 is 14.3. The summed E-state index contributed by atoms with van der Waals surface area (Å²) in [6.07, 6.45) is 0. The van der Waals surface area contributed by atoms with Crippen LogP contribution in [0.5, 0.6) is 0 Å². The summed E-state index contributed by atoms with van der Waals surface area (Å²) in [7, 11) is 0. The number of hydrogen-bond acceptors (Lipinski definition) is 3. The molecule has 0 saturated heterocycles. The average Bonchev–Trinajstić information content (AvgIpc) is 2.80. The molecule has 1 N–H and O–H groups in total. The van der Waals surface area contributed by atoms with E-state index in [1.807, 2.05) is 54.6 Å². The summed E-state index contributed by atoms with van der Waals surface area (Å²) in [6.45, 7) is 2.30. The van der Waals surface area contributed by atoms with Crippen LogP contribution < -0.4 is 10.2 Å². The largest absolute Gasteiger partial charge is 0.352 e. The minimum atomic E-state index is -0.586. The topological polar surface area (TPSA) is 49.4 Å². The van der Waals surface area contributed by atoms with Gasteiger partial charge >= 0.3 is 0 Å². The highest BCUT2D eigenvalue weighted by atomic mass is 32.2. The highest BCUT2D eigenvalue weighted by Gasteiger charge is 2.39. The van der Waals surface area contributed by atoms with Gasteiger partial charge in [-0.3, -0.25) is 9.59 Å². The van der Waals surface area contributed by atoms with Gasteiger partial charge in [0.2, 0.25) is 11.8 Å². The first-order chi connectivity index (χ1) is 15.0. The molecule has 1 aliphatic rings. The third-order valence-corrected chi connectivity index (χ3v) is 6.85. The van der Waals surface area contributed by atoms with E-state index in [0.29, 0.717) is 12.1 Å². The quantitative estimate of drug-likeness (QED) is 0.607. The molecule has 4 nitrogen and oxygen atoms in total. The van der Waals surface area contributed by atoms with Crippen LogP contribution in [-0.2, 0) is 22.7 Å². The normalized spacial score (nSPS) is 16.5. The third-order valence-electron chi connectivity index (χ3n) is 5.38. The second kappa shape index (κ2) is 9.35. The van der Waals surface area contributed by atoms with E-state index in [0.717, 1.165) is 16.1 Å². The zero-order chi connectivity index (χ0) is 21.8. The monoisotopic (exact) mass is 434 g/mol. The molecule has 0 aromatic heterocycles. The molecule has 1 aliphatic heterocycles. The molecule has 0 fully saturated rings. The highest BCUT2D eigenvalue weighted by molar-refractivity contribution is 8.01. The Hall–Kier alpha value is -3.12. The Bertz CT molecular complexity index is 1090. The molecule has 158 valence electrons. The fourth-order valence-electron chi connectivity index (χ4n) is 3.60. The lowest BCUT2D eigenvalue weighted by Crippen LogP contribution is -2.47. The summed E-state index contributed by atoms with van der Waals surface area (Å²) in [5.41, 5.74) is 2.18. The number of anilines is 1. The van der Waals surface area contributed by atoms with Crippen molar-refractivity contribution in [3.63, 3.8) is 0 Å². The van der Waals surface area contributed by atoms with Crippen LogP contribution in [0.4, 0.5) is 10.1 Å². The Morgan fingerprint density at radius 1 is 1.03 bits per heavy atom. The second-order valence-corrected chi connectivity index (χ2v) is 8.70. The zero-order valence-corrected chi connectivity index (χ0v) is 17.9. The van der Waals surface area contributed by atoms with Crippen molar-refractivity contribution in [2.45, 2.75) is 30.2 Å². The van der Waals surface area contributed by atoms with Crippen LogP contribution in [0.3, 0.4) is 0 Å². The molecule has 0 radical (unpaired) electrons. The van der Waals surface area contributed by atoms with Gasteiger partial charge in [-0.15, -0.1) is 11.8 Å². The van der Waals surface area contributed by atoms with E-state index in [4.69, 9.17) is 0 Å². The number of nitrogens with one attached hydrogen (secondary N) is 1. The highest BCUT2D eigenvalue weighted by Crippen LogP contribution is 2.42. The number of carbonyl (C=O) groups is 2. The molecule has 0 spiro atoms. The van der Waals surface area contributed by atoms with Gasteiger partial charge in [0.15, 0.2) is 0 Å². The number of nitrogens with zero attached hydrogens (tertiary/aromatic N) is 1. The van der Waals surface area contributed by atoms with Crippen molar-refractivity contribution < 1.29 is 14.0 Å². The molecule has 3 aromatic carbocycles. The maximum absolute atomic E-state index is 14.3. The van der Waals surface area contributed by atoms with Gasteiger partial charge < -0.3 is 10.2 Å². The van der Waals surface area contributed by atoms with E-state index < -0.39 is 11.2 Å². The minimum absolute atomic E-state index is 0.123. The van der Waals surface area contributed by atoms with E-state index in [1.54, 1.807) is 30.0 Å². The zero-order valence-electron chi connectivity index (χ0n) is 17.1. The first-order valence-corrected chi connectivity index (χ1v) is 11.0. The van der Waals surface area contributed by atoms with Gasteiger partial charge in [-0.05, 0) is 23.8 Å². The molecule has 3 aromatic rings. The molecule has 0 unspecified atom stereocenters. The maximum Gasteiger partial charge on any atom is 0.241 e. The number of rotatable bonds is 6. The van der Waals surface area contributed by atoms with Crippen molar-refractivity contribution in [2.75, 3.05) is 4.90 Å². The number of fused-ring (bicyclic) bond motifs is 1. The van der Waals surface area contributed by atoms with E-state index in [2.05, 4.69) is 5.32 Å². The van der Waals surface area contributed by atoms with Gasteiger partial charge in [0, 0.05) is 17.0 Å². The smallest absolute Gasteiger partial charge is 0.241 e. The van der Waals surface area contributed by atoms with Crippen LogP contribution in [0.15, 0.2) is 83.8 Å². The van der Waals surface area contributed by atoms with Crippen molar-refractivity contribution in [2.24, 2.45) is 5.92 Å². The van der Waals surface area contributed by atoms with Gasteiger partial charge in [-0.25, -0.2) is 4.39 Å². The van der Waals surface area contributed by atoms with Crippen LogP contribution >= 0.6 is 11.8 Å². The predicted molar refractivity (Wildman–Crippen MR) is 121 cm³/mol. The van der Waals surface area contributed by atoms with Crippen molar-refractivity contribution in [1.29, 1.82) is 0 Å². The van der Waals surface area contributed by atoms with E-state index >= 15 is 0 Å². The van der Waals surface area contributed by atoms with Crippen molar-refractivity contribution in [3.8, 4) is 0 Å². The van der Waals surface area contributed by atoms with Crippen LogP contribution in [0.2, 0.25) is 0 Å². The number of carbonyl (C=O) groups excluding carboxylic acids is 2. The molecule has 2 amide bonds. The van der Waals surface area contributed by atoms with Gasteiger partial charge in [-0.2, -0.15) is 0 Å². The van der Waals surface area contributed by atoms with Crippen LogP contribution in [-0.4, -0.2) is 17.1 Å². The number of thioether (sulfide) groups is 1. The molecule has 0 aliphatic carbocycles. The molecule has 4 rings (SSSR count). The summed E-state index contributed by atoms with van der Waals surface area (Å²) in [6, 6.07) is 23.7. The SMILES string of the molecule is C[C@H](C(=O)NCc1ccccc1)[C@@H]1Sc2ccccc2N(Cc2ccccc2F)C1=O. The lowest BCUT2D eigenvalue weighted by atomic mass is 10.0. The predicted octanol–water partition coefficient (Wildman–Crippen LogP) is 4.79. The molecule has 6 heteroatoms. The summed E-state index contributed by atoms with van der Waals surface area (Å²) in [5, 5.41) is 2.35. The number of hydrogen-bond donors (Lipinski definition) is 1. The Morgan fingerprint density at radius 3 is 2.48 bits per heavy atom. The van der Waals surface area contributed by atoms with E-state index in [9.17, 15) is 14.0 Å². The van der Waals surface area contributed by atoms with Crippen LogP contribution in [0, 0.1) is 11.7 Å². The first kappa shape index (κ1) is 21.1. The standard InChI is InChI=1S/C25H23FN2O2S/c1-17(24(29)27-15-18-9-3-2-4-10-18)23-25(30)28(16-19-11-5-6-12-20(19)26)21-13-7-8-14-22(21)31-23/h2-14,17,23H,15-16H2,1H3,(H,27,29)/t17-,23-/m0/s1. The van der Waals surface area contributed by atoms with Crippen LogP contribution in [0.25, 0.3) is 0 Å². The molecule has 2 atom stereocenters. The van der Waals surface area contributed by atoms with Crippen molar-refractivity contribution >= 4 is 29.3 Å². The second-order valence-electron chi connectivity index (χ2n) is 7.51. The third kappa shape index (κ3) is 4.64. The van der Waals surface area contributed by atoms with Gasteiger partial charge in [-0.1, -0.05) is 67.6 Å². The lowest BCUT2D eigenvalue weighted by molar-refractivity contribution is -0.128. The maximum atomic E-state index is 14.3. The van der Waals surface area contributed by atoms with Gasteiger partial charge in [0.25, 0.3) is 0 Å². The molecule has 31 heavy (non-hydrogen) atoms. The van der Waals surface area contributed by atoms with Crippen molar-refractivity contribution in [3.05, 3.63) is 95.8 Å². The van der Waals surface area contributed by atoms with Crippen molar-refractivity contribution in [1.82, 2.24) is 5.32 Å².